The van der Waals surface area contributed by atoms with E-state index in [0.29, 0.717) is 13.0 Å². The number of hydrogen-bond acceptors (Lipinski definition) is 8. The van der Waals surface area contributed by atoms with Crippen LogP contribution in [0.1, 0.15) is 5.56 Å². The van der Waals surface area contributed by atoms with Crippen LogP contribution >= 0.6 is 11.3 Å². The largest absolute Gasteiger partial charge is 0.508 e. The Morgan fingerprint density at radius 1 is 1.35 bits per heavy atom. The molecule has 0 fully saturated rings. The summed E-state index contributed by atoms with van der Waals surface area (Å²) in [4.78, 5) is 26.8. The summed E-state index contributed by atoms with van der Waals surface area (Å²) in [6, 6.07) is 6.62. The maximum atomic E-state index is 12.1. The van der Waals surface area contributed by atoms with Crippen LogP contribution in [0, 0.1) is 10.1 Å². The van der Waals surface area contributed by atoms with Gasteiger partial charge in [-0.15, -0.1) is 0 Å². The molecule has 0 radical (unpaired) electrons. The highest BCUT2D eigenvalue weighted by molar-refractivity contribution is 7.14. The summed E-state index contributed by atoms with van der Waals surface area (Å²) >= 11 is 1.12. The molecule has 2 aromatic heterocycles. The maximum Gasteiger partial charge on any atom is 0.377 e. The molecule has 0 saturated heterocycles. The number of benzene rings is 1. The number of hydrogen-bond donors (Lipinski definition) is 2. The molecule has 0 amide bonds. The van der Waals surface area contributed by atoms with Crippen molar-refractivity contribution in [3.05, 3.63) is 55.8 Å². The number of nitro groups is 1. The summed E-state index contributed by atoms with van der Waals surface area (Å²) in [6.45, 7) is 0.354. The lowest BCUT2D eigenvalue weighted by Crippen LogP contribution is -2.21. The van der Waals surface area contributed by atoms with Gasteiger partial charge >= 0.3 is 11.2 Å². The third-order valence-electron chi connectivity index (χ3n) is 3.15. The van der Waals surface area contributed by atoms with Gasteiger partial charge in [0.25, 0.3) is 0 Å². The molecular weight excluding hydrogens is 322 g/mol. The zero-order valence-corrected chi connectivity index (χ0v) is 12.5. The van der Waals surface area contributed by atoms with Gasteiger partial charge in [0.1, 0.15) is 11.3 Å². The zero-order chi connectivity index (χ0) is 16.4. The minimum Gasteiger partial charge on any atom is -0.508 e. The first-order valence-corrected chi connectivity index (χ1v) is 7.47. The average molecular weight is 333 g/mol. The highest BCUT2D eigenvalue weighted by Gasteiger charge is 2.24. The van der Waals surface area contributed by atoms with E-state index in [-0.39, 0.29) is 16.5 Å². The van der Waals surface area contributed by atoms with Crippen molar-refractivity contribution in [3.8, 4) is 5.75 Å². The van der Waals surface area contributed by atoms with E-state index in [2.05, 4.69) is 15.4 Å². The SMILES string of the molecule is O=c1c([N+](=O)[O-])c(NCCc2ccc(O)cc2)nc2scnn12. The van der Waals surface area contributed by atoms with E-state index in [0.717, 1.165) is 21.4 Å². The lowest BCUT2D eigenvalue weighted by molar-refractivity contribution is -0.385. The molecule has 0 aliphatic carbocycles. The first-order chi connectivity index (χ1) is 11.1. The number of anilines is 1. The number of phenols is 1. The smallest absolute Gasteiger partial charge is 0.377 e. The fourth-order valence-corrected chi connectivity index (χ4v) is 2.67. The predicted octanol–water partition coefficient (Wildman–Crippen LogP) is 1.42. The first kappa shape index (κ1) is 14.9. The number of rotatable bonds is 5. The third kappa shape index (κ3) is 2.97. The average Bonchev–Trinajstić information content (AvgIpc) is 2.98. The third-order valence-corrected chi connectivity index (χ3v) is 3.83. The van der Waals surface area contributed by atoms with Gasteiger partial charge in [-0.1, -0.05) is 23.5 Å². The van der Waals surface area contributed by atoms with Crippen LogP contribution in [-0.4, -0.2) is 31.2 Å². The van der Waals surface area contributed by atoms with E-state index >= 15 is 0 Å². The molecule has 0 unspecified atom stereocenters. The summed E-state index contributed by atoms with van der Waals surface area (Å²) in [5.41, 5.74) is 0.897. The van der Waals surface area contributed by atoms with E-state index in [1.165, 1.54) is 5.51 Å². The molecule has 0 spiro atoms. The number of fused-ring (bicyclic) bond motifs is 1. The number of nitrogens with zero attached hydrogens (tertiary/aromatic N) is 4. The van der Waals surface area contributed by atoms with Crippen molar-refractivity contribution < 1.29 is 10.0 Å². The minimum absolute atomic E-state index is 0.0666. The van der Waals surface area contributed by atoms with Crippen molar-refractivity contribution in [3.63, 3.8) is 0 Å². The van der Waals surface area contributed by atoms with Crippen molar-refractivity contribution in [1.82, 2.24) is 14.6 Å². The molecule has 2 heterocycles. The fraction of sp³-hybridized carbons (Fsp3) is 0.154. The van der Waals surface area contributed by atoms with Crippen LogP contribution in [0.15, 0.2) is 34.6 Å². The topological polar surface area (TPSA) is 123 Å². The number of nitrogens with one attached hydrogen (secondary N) is 1. The normalized spacial score (nSPS) is 10.8. The Morgan fingerprint density at radius 2 is 2.09 bits per heavy atom. The Labute approximate surface area is 133 Å². The fourth-order valence-electron chi connectivity index (χ4n) is 2.06. The Morgan fingerprint density at radius 3 is 2.78 bits per heavy atom. The Hall–Kier alpha value is -3.01. The maximum absolute atomic E-state index is 12.1. The molecule has 0 bridgehead atoms. The van der Waals surface area contributed by atoms with Gasteiger partial charge in [-0.3, -0.25) is 14.9 Å². The van der Waals surface area contributed by atoms with Crippen LogP contribution in [0.25, 0.3) is 4.96 Å². The van der Waals surface area contributed by atoms with Crippen molar-refractivity contribution in [2.75, 3.05) is 11.9 Å². The van der Waals surface area contributed by atoms with Crippen LogP contribution in [0.3, 0.4) is 0 Å². The Balaban J connectivity index is 1.84. The van der Waals surface area contributed by atoms with Crippen LogP contribution in [0.4, 0.5) is 11.5 Å². The molecule has 3 rings (SSSR count). The molecule has 2 N–H and O–H groups in total. The van der Waals surface area contributed by atoms with E-state index in [1.54, 1.807) is 24.3 Å². The summed E-state index contributed by atoms with van der Waals surface area (Å²) in [5.74, 6) is 0.103. The number of aromatic nitrogens is 3. The second-order valence-corrected chi connectivity index (χ2v) is 5.46. The molecule has 10 heteroatoms. The highest BCUT2D eigenvalue weighted by Crippen LogP contribution is 2.19. The summed E-state index contributed by atoms with van der Waals surface area (Å²) in [5, 5.41) is 26.9. The standard InChI is InChI=1S/C13H11N5O4S/c19-9-3-1-8(2-4-9)5-6-14-11-10(18(21)22)12(20)17-13(16-11)23-7-15-17/h1-4,7,14,19H,5-6H2. The number of phenolic OH excluding ortho intramolecular Hbond substituents is 1. The molecule has 0 atom stereocenters. The first-order valence-electron chi connectivity index (χ1n) is 6.59. The van der Waals surface area contributed by atoms with Gasteiger partial charge < -0.3 is 10.4 Å². The zero-order valence-electron chi connectivity index (χ0n) is 11.7. The highest BCUT2D eigenvalue weighted by atomic mass is 32.1. The van der Waals surface area contributed by atoms with Gasteiger partial charge in [-0.05, 0) is 24.1 Å². The molecule has 0 aliphatic heterocycles. The number of aromatic hydroxyl groups is 1. The van der Waals surface area contributed by atoms with Crippen molar-refractivity contribution in [2.24, 2.45) is 0 Å². The van der Waals surface area contributed by atoms with Gasteiger partial charge in [0.15, 0.2) is 0 Å². The molecule has 0 saturated carbocycles. The van der Waals surface area contributed by atoms with Gasteiger partial charge in [0, 0.05) is 6.54 Å². The Bertz CT molecular complexity index is 918. The Kier molecular flexibility index (Phi) is 3.89. The van der Waals surface area contributed by atoms with E-state index in [9.17, 15) is 20.0 Å². The second kappa shape index (κ2) is 6.01. The van der Waals surface area contributed by atoms with E-state index in [1.807, 2.05) is 0 Å². The van der Waals surface area contributed by atoms with Gasteiger partial charge in [0.05, 0.1) is 4.92 Å². The summed E-state index contributed by atoms with van der Waals surface area (Å²) < 4.78 is 0.911. The monoisotopic (exact) mass is 333 g/mol. The predicted molar refractivity (Wildman–Crippen MR) is 84.1 cm³/mol. The van der Waals surface area contributed by atoms with E-state index in [4.69, 9.17) is 0 Å². The summed E-state index contributed by atoms with van der Waals surface area (Å²) in [7, 11) is 0. The lowest BCUT2D eigenvalue weighted by Gasteiger charge is -2.06. The molecule has 9 nitrogen and oxygen atoms in total. The van der Waals surface area contributed by atoms with Crippen LogP contribution < -0.4 is 10.9 Å². The van der Waals surface area contributed by atoms with Crippen LogP contribution in [-0.2, 0) is 6.42 Å². The lowest BCUT2D eigenvalue weighted by atomic mass is 10.1. The minimum atomic E-state index is -0.812. The molecular formula is C13H11N5O4S. The molecule has 23 heavy (non-hydrogen) atoms. The molecule has 1 aromatic carbocycles. The summed E-state index contributed by atoms with van der Waals surface area (Å²) in [6.07, 6.45) is 0.557. The molecule has 0 aliphatic rings. The van der Waals surface area contributed by atoms with Crippen LogP contribution in [0.2, 0.25) is 0 Å². The quantitative estimate of drug-likeness (QED) is 0.534. The molecule has 118 valence electrons. The van der Waals surface area contributed by atoms with Crippen molar-refractivity contribution in [1.29, 1.82) is 0 Å². The van der Waals surface area contributed by atoms with Crippen molar-refractivity contribution >= 4 is 27.8 Å². The van der Waals surface area contributed by atoms with Crippen LogP contribution in [0.5, 0.6) is 5.75 Å². The molecule has 3 aromatic rings. The van der Waals surface area contributed by atoms with Gasteiger partial charge in [-0.2, -0.15) is 14.6 Å². The van der Waals surface area contributed by atoms with Gasteiger partial charge in [0.2, 0.25) is 10.8 Å². The van der Waals surface area contributed by atoms with Crippen molar-refractivity contribution in [2.45, 2.75) is 6.42 Å². The van der Waals surface area contributed by atoms with Gasteiger partial charge in [-0.25, -0.2) is 0 Å². The second-order valence-electron chi connectivity index (χ2n) is 4.65. The van der Waals surface area contributed by atoms with E-state index < -0.39 is 16.2 Å².